The Balaban J connectivity index is 1.04. The van der Waals surface area contributed by atoms with Crippen molar-refractivity contribution < 1.29 is 9.59 Å². The molecule has 3 heterocycles. The molecule has 5 fully saturated rings. The third kappa shape index (κ3) is 4.68. The van der Waals surface area contributed by atoms with Crippen molar-refractivity contribution in [3.63, 3.8) is 0 Å². The topological polar surface area (TPSA) is 111 Å². The highest BCUT2D eigenvalue weighted by Crippen LogP contribution is 2.60. The fraction of sp³-hybridized carbons (Fsp3) is 0.625. The Hall–Kier alpha value is -3.40. The molecule has 0 spiro atoms. The van der Waals surface area contributed by atoms with E-state index < -0.39 is 0 Å². The van der Waals surface area contributed by atoms with Gasteiger partial charge in [-0.2, -0.15) is 0 Å². The van der Waals surface area contributed by atoms with Gasteiger partial charge in [-0.05, 0) is 82.8 Å². The minimum Gasteiger partial charge on any atom is -0.369 e. The standard InChI is InChI=1S/C32H44N8O2/c1-31(2,3)38-10-8-37(9-11-38)24-19-34-29(35-20-24)39-12-13-40(26-7-5-4-6-25(26)39)30(42)36-27-22-14-21-15-23(27)18-32(16-21,17-22)28(33)41/h4-7,19-23,27H,8-18H2,1-3H3,(H2,33,41)(H,36,42). The van der Waals surface area contributed by atoms with E-state index >= 15 is 0 Å². The van der Waals surface area contributed by atoms with Crippen LogP contribution < -0.4 is 25.8 Å². The van der Waals surface area contributed by atoms with Crippen LogP contribution in [-0.4, -0.2) is 77.7 Å². The van der Waals surface area contributed by atoms with Gasteiger partial charge in [0.05, 0.1) is 29.5 Å². The van der Waals surface area contributed by atoms with Gasteiger partial charge < -0.3 is 20.9 Å². The van der Waals surface area contributed by atoms with Crippen molar-refractivity contribution in [3.05, 3.63) is 36.7 Å². The van der Waals surface area contributed by atoms with Crippen LogP contribution in [0.5, 0.6) is 0 Å². The third-order valence-electron chi connectivity index (χ3n) is 10.8. The molecule has 2 aliphatic heterocycles. The first kappa shape index (κ1) is 27.4. The first-order chi connectivity index (χ1) is 20.1. The summed E-state index contributed by atoms with van der Waals surface area (Å²) >= 11 is 0. The number of nitrogens with two attached hydrogens (primary N) is 1. The maximum atomic E-state index is 13.8. The van der Waals surface area contributed by atoms with Gasteiger partial charge in [0.1, 0.15) is 0 Å². The van der Waals surface area contributed by atoms with Crippen LogP contribution >= 0.6 is 0 Å². The first-order valence-corrected chi connectivity index (χ1v) is 15.7. The normalized spacial score (nSPS) is 30.8. The number of rotatable bonds is 4. The molecule has 3 amide bonds. The lowest BCUT2D eigenvalue weighted by atomic mass is 9.47. The van der Waals surface area contributed by atoms with Crippen LogP contribution in [0.25, 0.3) is 0 Å². The lowest BCUT2D eigenvalue weighted by molar-refractivity contribution is -0.145. The highest BCUT2D eigenvalue weighted by Gasteiger charge is 2.58. The summed E-state index contributed by atoms with van der Waals surface area (Å²) in [6, 6.07) is 8.06. The van der Waals surface area contributed by atoms with Crippen molar-refractivity contribution in [3.8, 4) is 0 Å². The zero-order valence-electron chi connectivity index (χ0n) is 25.1. The molecule has 10 nitrogen and oxygen atoms in total. The molecule has 3 N–H and O–H groups in total. The quantitative estimate of drug-likeness (QED) is 0.574. The first-order valence-electron chi connectivity index (χ1n) is 15.7. The Morgan fingerprint density at radius 2 is 1.55 bits per heavy atom. The van der Waals surface area contributed by atoms with Crippen LogP contribution in [0.15, 0.2) is 36.7 Å². The van der Waals surface area contributed by atoms with Crippen LogP contribution in [0.4, 0.5) is 27.8 Å². The molecule has 4 saturated carbocycles. The summed E-state index contributed by atoms with van der Waals surface area (Å²) in [7, 11) is 0. The van der Waals surface area contributed by atoms with E-state index in [-0.39, 0.29) is 28.9 Å². The second-order valence-electron chi connectivity index (χ2n) is 14.3. The average molecular weight is 573 g/mol. The number of fused-ring (bicyclic) bond motifs is 1. The van der Waals surface area contributed by atoms with E-state index in [1.54, 1.807) is 0 Å². The summed E-state index contributed by atoms with van der Waals surface area (Å²) in [5.74, 6) is 1.72. The van der Waals surface area contributed by atoms with Crippen LogP contribution in [-0.2, 0) is 4.79 Å². The molecule has 2 aromatic rings. The number of nitrogens with zero attached hydrogens (tertiary/aromatic N) is 6. The van der Waals surface area contributed by atoms with Gasteiger partial charge in [-0.3, -0.25) is 14.6 Å². The molecule has 1 saturated heterocycles. The van der Waals surface area contributed by atoms with Crippen molar-refractivity contribution in [2.24, 2.45) is 28.9 Å². The fourth-order valence-electron chi connectivity index (χ4n) is 8.82. The van der Waals surface area contributed by atoms with Crippen molar-refractivity contribution in [2.45, 2.75) is 64.5 Å². The number of para-hydroxylation sites is 2. The second-order valence-corrected chi connectivity index (χ2v) is 14.3. The van der Waals surface area contributed by atoms with Crippen molar-refractivity contribution in [1.29, 1.82) is 0 Å². The summed E-state index contributed by atoms with van der Waals surface area (Å²) in [4.78, 5) is 44.6. The van der Waals surface area contributed by atoms with Gasteiger partial charge in [-0.25, -0.2) is 14.8 Å². The molecule has 8 rings (SSSR count). The zero-order valence-corrected chi connectivity index (χ0v) is 25.1. The number of hydrogen-bond donors (Lipinski definition) is 2. The number of nitrogens with one attached hydrogen (secondary N) is 1. The van der Waals surface area contributed by atoms with E-state index in [0.29, 0.717) is 36.8 Å². The van der Waals surface area contributed by atoms with Gasteiger partial charge in [-0.15, -0.1) is 0 Å². The number of amides is 3. The van der Waals surface area contributed by atoms with E-state index in [4.69, 9.17) is 15.7 Å². The fourth-order valence-corrected chi connectivity index (χ4v) is 8.82. The van der Waals surface area contributed by atoms with Gasteiger partial charge in [0, 0.05) is 56.3 Å². The maximum Gasteiger partial charge on any atom is 0.322 e. The Bertz CT molecular complexity index is 1330. The Kier molecular flexibility index (Phi) is 6.60. The van der Waals surface area contributed by atoms with Crippen molar-refractivity contribution in [2.75, 3.05) is 54.0 Å². The molecule has 10 heteroatoms. The highest BCUT2D eigenvalue weighted by atomic mass is 16.2. The number of piperazine rings is 1. The molecule has 4 bridgehead atoms. The molecule has 0 radical (unpaired) electrons. The molecular formula is C32H44N8O2. The lowest BCUT2D eigenvalue weighted by Crippen LogP contribution is -2.63. The summed E-state index contributed by atoms with van der Waals surface area (Å²) < 4.78 is 0. The van der Waals surface area contributed by atoms with Gasteiger partial charge in [0.2, 0.25) is 11.9 Å². The Morgan fingerprint density at radius 1 is 0.905 bits per heavy atom. The summed E-state index contributed by atoms with van der Waals surface area (Å²) in [5.41, 5.74) is 8.56. The van der Waals surface area contributed by atoms with E-state index in [1.165, 1.54) is 0 Å². The summed E-state index contributed by atoms with van der Waals surface area (Å²) in [6.07, 6.45) is 8.58. The predicted octanol–water partition coefficient (Wildman–Crippen LogP) is 3.75. The second kappa shape index (κ2) is 10.1. The molecule has 42 heavy (non-hydrogen) atoms. The number of carbonyl (C=O) groups is 2. The minimum absolute atomic E-state index is 0.0571. The smallest absolute Gasteiger partial charge is 0.322 e. The largest absolute Gasteiger partial charge is 0.369 e. The molecule has 6 aliphatic rings. The van der Waals surface area contributed by atoms with E-state index in [9.17, 15) is 9.59 Å². The average Bonchev–Trinajstić information content (AvgIpc) is 2.97. The number of aromatic nitrogens is 2. The number of carbonyl (C=O) groups excluding carboxylic acids is 2. The van der Waals surface area contributed by atoms with Crippen LogP contribution in [0.2, 0.25) is 0 Å². The molecule has 1 aromatic carbocycles. The monoisotopic (exact) mass is 572 g/mol. The molecular weight excluding hydrogens is 528 g/mol. The van der Waals surface area contributed by atoms with Gasteiger partial charge in [0.25, 0.3) is 0 Å². The van der Waals surface area contributed by atoms with Crippen molar-refractivity contribution in [1.82, 2.24) is 20.2 Å². The van der Waals surface area contributed by atoms with Crippen LogP contribution in [0.3, 0.4) is 0 Å². The Morgan fingerprint density at radius 3 is 2.17 bits per heavy atom. The van der Waals surface area contributed by atoms with Gasteiger partial charge in [-0.1, -0.05) is 12.1 Å². The minimum atomic E-state index is -0.355. The summed E-state index contributed by atoms with van der Waals surface area (Å²) in [6.45, 7) is 11.9. The number of benzene rings is 1. The maximum absolute atomic E-state index is 13.8. The van der Waals surface area contributed by atoms with E-state index in [0.717, 1.165) is 75.3 Å². The van der Waals surface area contributed by atoms with Crippen LogP contribution in [0.1, 0.15) is 52.9 Å². The van der Waals surface area contributed by atoms with Crippen molar-refractivity contribution >= 4 is 34.9 Å². The number of urea groups is 1. The molecule has 1 aromatic heterocycles. The molecule has 4 aliphatic carbocycles. The van der Waals surface area contributed by atoms with Crippen LogP contribution in [0, 0.1) is 23.2 Å². The zero-order chi connectivity index (χ0) is 29.2. The SMILES string of the molecule is CC(C)(C)N1CCN(c2cnc(N3CCN(C(=O)NC4C5CC6CC4CC(C(N)=O)(C6)C5)c4ccccc43)nc2)CC1. The molecule has 2 atom stereocenters. The Labute approximate surface area is 248 Å². The van der Waals surface area contributed by atoms with E-state index in [1.807, 2.05) is 41.6 Å². The number of hydrogen-bond acceptors (Lipinski definition) is 7. The van der Waals surface area contributed by atoms with E-state index in [2.05, 4.69) is 40.8 Å². The highest BCUT2D eigenvalue weighted by molar-refractivity contribution is 5.97. The number of anilines is 4. The molecule has 2 unspecified atom stereocenters. The predicted molar refractivity (Wildman–Crippen MR) is 164 cm³/mol. The number of primary amides is 1. The molecule has 224 valence electrons. The lowest BCUT2D eigenvalue weighted by Gasteiger charge is -2.59. The summed E-state index contributed by atoms with van der Waals surface area (Å²) in [5, 5.41) is 3.42. The van der Waals surface area contributed by atoms with Gasteiger partial charge >= 0.3 is 6.03 Å². The van der Waals surface area contributed by atoms with Gasteiger partial charge in [0.15, 0.2) is 0 Å². The third-order valence-corrected chi connectivity index (χ3v) is 10.8.